The van der Waals surface area contributed by atoms with Crippen LogP contribution in [0.5, 0.6) is 0 Å². The fourth-order valence-electron chi connectivity index (χ4n) is 5.85. The first-order valence-corrected chi connectivity index (χ1v) is 14.9. The third-order valence-corrected chi connectivity index (χ3v) is 8.42. The Kier molecular flexibility index (Phi) is 9.01. The summed E-state index contributed by atoms with van der Waals surface area (Å²) in [6.45, 7) is 5.22. The molecule has 4 heterocycles. The molecule has 10 nitrogen and oxygen atoms in total. The van der Waals surface area contributed by atoms with Gasteiger partial charge in [0.15, 0.2) is 5.82 Å². The van der Waals surface area contributed by atoms with E-state index in [0.717, 1.165) is 68.6 Å². The van der Waals surface area contributed by atoms with E-state index in [1.165, 1.54) is 7.11 Å². The van der Waals surface area contributed by atoms with Crippen LogP contribution in [0.1, 0.15) is 40.4 Å². The fourth-order valence-corrected chi connectivity index (χ4v) is 5.85. The lowest BCUT2D eigenvalue weighted by Crippen LogP contribution is -2.44. The molecule has 12 heteroatoms. The van der Waals surface area contributed by atoms with Gasteiger partial charge in [-0.25, -0.2) is 8.78 Å². The maximum atomic E-state index is 14.7. The normalized spacial score (nSPS) is 17.1. The van der Waals surface area contributed by atoms with Crippen LogP contribution in [0.4, 0.5) is 26.0 Å². The van der Waals surface area contributed by atoms with Gasteiger partial charge in [-0.1, -0.05) is 0 Å². The number of anilines is 3. The number of likely N-dealkylation sites (N-methyl/N-ethyl adjacent to an activating group) is 1. The Bertz CT molecular complexity index is 1620. The number of piperazine rings is 1. The number of benzene rings is 2. The molecule has 0 radical (unpaired) electrons. The van der Waals surface area contributed by atoms with E-state index in [1.54, 1.807) is 12.3 Å². The zero-order valence-corrected chi connectivity index (χ0v) is 24.9. The molecule has 0 spiro atoms. The molecule has 6 rings (SSSR count). The van der Waals surface area contributed by atoms with Crippen LogP contribution >= 0.6 is 0 Å². The van der Waals surface area contributed by atoms with Crippen LogP contribution in [-0.2, 0) is 9.47 Å². The fraction of sp³-hybridized carbons (Fsp3) is 0.406. The van der Waals surface area contributed by atoms with Crippen LogP contribution < -0.4 is 15.5 Å². The standard InChI is InChI=1S/C32H37F2N7O3/c1-40-9-11-41(12-10-40)22-4-5-23(29(16-22)36-21-7-13-44-14-8-21)32(42)37-31-25-17-28(35-18-30(25)38-39-31)26(19-43-2)24-15-20(33)3-6-27(24)34/h3-6,15-18,21,26,36H,7-14,19H2,1-2H3,(H2,37,38,39,42). The summed E-state index contributed by atoms with van der Waals surface area (Å²) in [5.74, 6) is -1.79. The zero-order valence-electron chi connectivity index (χ0n) is 24.9. The summed E-state index contributed by atoms with van der Waals surface area (Å²) in [5.41, 5.74) is 3.51. The summed E-state index contributed by atoms with van der Waals surface area (Å²) in [5, 5.41) is 14.4. The minimum atomic E-state index is -0.670. The highest BCUT2D eigenvalue weighted by atomic mass is 19.1. The topological polar surface area (TPSA) is 108 Å². The van der Waals surface area contributed by atoms with E-state index in [1.807, 2.05) is 12.1 Å². The third kappa shape index (κ3) is 6.52. The first kappa shape index (κ1) is 29.9. The highest BCUT2D eigenvalue weighted by Gasteiger charge is 2.24. The summed E-state index contributed by atoms with van der Waals surface area (Å²) < 4.78 is 39.7. The maximum absolute atomic E-state index is 14.7. The first-order chi connectivity index (χ1) is 21.4. The second-order valence-corrected chi connectivity index (χ2v) is 11.4. The number of aromatic amines is 1. The number of carbonyl (C=O) groups is 1. The zero-order chi connectivity index (χ0) is 30.6. The van der Waals surface area contributed by atoms with Crippen molar-refractivity contribution in [2.24, 2.45) is 0 Å². The van der Waals surface area contributed by atoms with Gasteiger partial charge in [0.2, 0.25) is 0 Å². The van der Waals surface area contributed by atoms with E-state index in [0.29, 0.717) is 41.2 Å². The van der Waals surface area contributed by atoms with Crippen LogP contribution in [0, 0.1) is 11.6 Å². The van der Waals surface area contributed by atoms with Crippen molar-refractivity contribution in [3.05, 3.63) is 77.1 Å². The molecule has 0 aliphatic carbocycles. The van der Waals surface area contributed by atoms with E-state index < -0.39 is 17.6 Å². The molecule has 2 fully saturated rings. The van der Waals surface area contributed by atoms with Crippen LogP contribution in [0.25, 0.3) is 10.9 Å². The van der Waals surface area contributed by atoms with Crippen molar-refractivity contribution < 1.29 is 23.0 Å². The molecule has 2 aromatic carbocycles. The number of nitrogens with one attached hydrogen (secondary N) is 3. The Hall–Kier alpha value is -4.13. The second kappa shape index (κ2) is 13.2. The van der Waals surface area contributed by atoms with E-state index in [2.05, 4.69) is 48.7 Å². The van der Waals surface area contributed by atoms with Gasteiger partial charge in [0, 0.05) is 74.9 Å². The lowest BCUT2D eigenvalue weighted by atomic mass is 9.94. The maximum Gasteiger partial charge on any atom is 0.258 e. The molecule has 0 saturated carbocycles. The molecule has 0 bridgehead atoms. The predicted octanol–water partition coefficient (Wildman–Crippen LogP) is 4.61. The Morgan fingerprint density at radius 3 is 2.68 bits per heavy atom. The number of rotatable bonds is 9. The Balaban J connectivity index is 1.29. The third-order valence-electron chi connectivity index (χ3n) is 8.42. The largest absolute Gasteiger partial charge is 0.384 e. The predicted molar refractivity (Wildman–Crippen MR) is 166 cm³/mol. The Morgan fingerprint density at radius 2 is 1.91 bits per heavy atom. The number of aromatic nitrogens is 3. The molecule has 1 amide bonds. The molecule has 4 aromatic rings. The van der Waals surface area contributed by atoms with Gasteiger partial charge >= 0.3 is 0 Å². The number of hydrogen-bond acceptors (Lipinski definition) is 8. The summed E-state index contributed by atoms with van der Waals surface area (Å²) >= 11 is 0. The average molecular weight is 606 g/mol. The average Bonchev–Trinajstić information content (AvgIpc) is 3.43. The van der Waals surface area contributed by atoms with Crippen LogP contribution in [-0.4, -0.2) is 92.2 Å². The number of hydrogen-bond donors (Lipinski definition) is 3. The van der Waals surface area contributed by atoms with Crippen molar-refractivity contribution >= 4 is 34.0 Å². The minimum Gasteiger partial charge on any atom is -0.384 e. The van der Waals surface area contributed by atoms with Gasteiger partial charge in [0.1, 0.15) is 11.6 Å². The molecule has 2 aliphatic heterocycles. The van der Waals surface area contributed by atoms with Gasteiger partial charge in [-0.3, -0.25) is 14.9 Å². The van der Waals surface area contributed by atoms with Gasteiger partial charge in [-0.15, -0.1) is 0 Å². The van der Waals surface area contributed by atoms with Crippen molar-refractivity contribution in [3.63, 3.8) is 0 Å². The van der Waals surface area contributed by atoms with Gasteiger partial charge in [0.05, 0.1) is 35.5 Å². The highest BCUT2D eigenvalue weighted by molar-refractivity contribution is 6.11. The summed E-state index contributed by atoms with van der Waals surface area (Å²) in [7, 11) is 3.62. The number of carbonyl (C=O) groups excluding carboxylic acids is 1. The minimum absolute atomic E-state index is 0.0827. The SMILES string of the molecule is COCC(c1cc2c(NC(=O)c3ccc(N4CCN(C)CC4)cc3NC3CCOCC3)n[nH]c2cn1)c1cc(F)ccc1F. The lowest BCUT2D eigenvalue weighted by molar-refractivity contribution is 0.0904. The van der Waals surface area contributed by atoms with Gasteiger partial charge in [-0.05, 0) is 62.4 Å². The number of halogens is 2. The second-order valence-electron chi connectivity index (χ2n) is 11.4. The summed E-state index contributed by atoms with van der Waals surface area (Å²) in [6.07, 6.45) is 3.28. The number of pyridine rings is 1. The van der Waals surface area contributed by atoms with Crippen molar-refractivity contribution in [1.29, 1.82) is 0 Å². The van der Waals surface area contributed by atoms with Crippen molar-refractivity contribution in [1.82, 2.24) is 20.1 Å². The van der Waals surface area contributed by atoms with E-state index in [4.69, 9.17) is 9.47 Å². The molecule has 44 heavy (non-hydrogen) atoms. The molecular formula is C32H37F2N7O3. The molecule has 2 aromatic heterocycles. The summed E-state index contributed by atoms with van der Waals surface area (Å²) in [6, 6.07) is 11.1. The highest BCUT2D eigenvalue weighted by Crippen LogP contribution is 2.32. The molecular weight excluding hydrogens is 568 g/mol. The van der Waals surface area contributed by atoms with Crippen LogP contribution in [0.2, 0.25) is 0 Å². The van der Waals surface area contributed by atoms with Gasteiger partial charge < -0.3 is 29.9 Å². The molecule has 1 atom stereocenters. The quantitative estimate of drug-likeness (QED) is 0.254. The number of ether oxygens (including phenoxy) is 2. The van der Waals surface area contributed by atoms with E-state index >= 15 is 0 Å². The number of fused-ring (bicyclic) bond motifs is 1. The molecule has 2 saturated heterocycles. The lowest BCUT2D eigenvalue weighted by Gasteiger charge is -2.34. The summed E-state index contributed by atoms with van der Waals surface area (Å²) in [4.78, 5) is 22.9. The number of methoxy groups -OCH3 is 1. The number of nitrogens with zero attached hydrogens (tertiary/aromatic N) is 4. The Labute approximate surface area is 254 Å². The van der Waals surface area contributed by atoms with Crippen LogP contribution in [0.3, 0.4) is 0 Å². The van der Waals surface area contributed by atoms with Crippen molar-refractivity contribution in [2.45, 2.75) is 24.8 Å². The number of amides is 1. The van der Waals surface area contributed by atoms with Crippen molar-refractivity contribution in [3.8, 4) is 0 Å². The monoisotopic (exact) mass is 605 g/mol. The first-order valence-electron chi connectivity index (χ1n) is 14.9. The van der Waals surface area contributed by atoms with E-state index in [-0.39, 0.29) is 24.1 Å². The van der Waals surface area contributed by atoms with Gasteiger partial charge in [0.25, 0.3) is 5.91 Å². The number of H-pyrrole nitrogens is 1. The Morgan fingerprint density at radius 1 is 1.11 bits per heavy atom. The van der Waals surface area contributed by atoms with Gasteiger partial charge in [-0.2, -0.15) is 5.10 Å². The van der Waals surface area contributed by atoms with Crippen molar-refractivity contribution in [2.75, 3.05) is 75.7 Å². The molecule has 2 aliphatic rings. The van der Waals surface area contributed by atoms with Crippen LogP contribution in [0.15, 0.2) is 48.7 Å². The molecule has 3 N–H and O–H groups in total. The molecule has 1 unspecified atom stereocenters. The molecule has 232 valence electrons. The smallest absolute Gasteiger partial charge is 0.258 e. The van der Waals surface area contributed by atoms with E-state index in [9.17, 15) is 13.6 Å².